The minimum Gasteiger partial charge on any atom is -0.457 e. The average Bonchev–Trinajstić information content (AvgIpc) is 3.24. The van der Waals surface area contributed by atoms with E-state index in [1.807, 2.05) is 0 Å². The number of phosphoric acid groups is 1. The zero-order valence-electron chi connectivity index (χ0n) is 38.9. The van der Waals surface area contributed by atoms with Crippen LogP contribution in [-0.2, 0) is 27.9 Å². The molecule has 350 valence electrons. The largest absolute Gasteiger partial charge is 0.472 e. The van der Waals surface area contributed by atoms with Gasteiger partial charge in [0.15, 0.2) is 0 Å². The number of carbonyl (C=O) groups is 1. The van der Waals surface area contributed by atoms with Gasteiger partial charge in [0.05, 0.1) is 19.8 Å². The van der Waals surface area contributed by atoms with E-state index in [0.29, 0.717) is 13.0 Å². The lowest BCUT2D eigenvalue weighted by Gasteiger charge is -2.20. The summed E-state index contributed by atoms with van der Waals surface area (Å²) < 4.78 is 33.5. The second kappa shape index (κ2) is 48.2. The van der Waals surface area contributed by atoms with Gasteiger partial charge in [-0.2, -0.15) is 0 Å². The molecule has 8 nitrogen and oxygen atoms in total. The van der Waals surface area contributed by atoms with Crippen molar-refractivity contribution in [2.75, 3.05) is 33.0 Å². The Kier molecular flexibility index (Phi) is 46.8. The number of hydrogen-bond acceptors (Lipinski definition) is 7. The molecule has 0 spiro atoms. The Balaban J connectivity index is 3.95. The van der Waals surface area contributed by atoms with E-state index in [1.54, 1.807) is 0 Å². The molecule has 0 fully saturated rings. The van der Waals surface area contributed by atoms with Gasteiger partial charge < -0.3 is 20.1 Å². The molecule has 0 aromatic heterocycles. The van der Waals surface area contributed by atoms with E-state index < -0.39 is 13.9 Å². The summed E-state index contributed by atoms with van der Waals surface area (Å²) in [5, 5.41) is 0. The fourth-order valence-electron chi connectivity index (χ4n) is 6.81. The minimum absolute atomic E-state index is 0.0930. The molecule has 9 heteroatoms. The van der Waals surface area contributed by atoms with E-state index in [1.165, 1.54) is 128 Å². The number of allylic oxidation sites excluding steroid dienone is 10. The van der Waals surface area contributed by atoms with Crippen molar-refractivity contribution in [2.45, 2.75) is 225 Å². The Hall–Kier alpha value is -1.80. The summed E-state index contributed by atoms with van der Waals surface area (Å²) in [6, 6.07) is 0. The maximum atomic E-state index is 12.6. The van der Waals surface area contributed by atoms with Crippen molar-refractivity contribution in [3.05, 3.63) is 60.8 Å². The molecule has 0 bridgehead atoms. The van der Waals surface area contributed by atoms with Gasteiger partial charge in [-0.3, -0.25) is 13.8 Å². The van der Waals surface area contributed by atoms with Gasteiger partial charge in [0, 0.05) is 19.6 Å². The van der Waals surface area contributed by atoms with E-state index in [2.05, 4.69) is 74.6 Å². The number of carbonyl (C=O) groups excluding carboxylic acids is 1. The van der Waals surface area contributed by atoms with Crippen molar-refractivity contribution in [3.8, 4) is 0 Å². The zero-order valence-corrected chi connectivity index (χ0v) is 39.8. The highest BCUT2D eigenvalue weighted by molar-refractivity contribution is 7.47. The summed E-state index contributed by atoms with van der Waals surface area (Å²) in [5.41, 5.74) is 5.38. The number of esters is 1. The van der Waals surface area contributed by atoms with Crippen LogP contribution < -0.4 is 5.73 Å². The molecule has 60 heavy (non-hydrogen) atoms. The lowest BCUT2D eigenvalue weighted by atomic mass is 10.0. The van der Waals surface area contributed by atoms with Crippen LogP contribution in [0.1, 0.15) is 219 Å². The summed E-state index contributed by atoms with van der Waals surface area (Å²) in [6.45, 7) is 4.74. The molecule has 0 saturated heterocycles. The topological polar surface area (TPSA) is 117 Å². The predicted molar refractivity (Wildman–Crippen MR) is 256 cm³/mol. The second-order valence-electron chi connectivity index (χ2n) is 16.3. The van der Waals surface area contributed by atoms with Gasteiger partial charge in [0.2, 0.25) is 0 Å². The highest BCUT2D eigenvalue weighted by Crippen LogP contribution is 2.43. The SMILES string of the molecule is CC/C=C\C/C=C\C/C=C\C/C=C\CCCCCOCC(COP(=O)(O)OCCN)OC(=O)CCCCCCCCCCCCCCC/C=C\CCCCCCCCCC. The molecule has 0 aliphatic heterocycles. The van der Waals surface area contributed by atoms with E-state index in [9.17, 15) is 14.3 Å². The van der Waals surface area contributed by atoms with E-state index in [-0.39, 0.29) is 32.3 Å². The molecule has 2 atom stereocenters. The second-order valence-corrected chi connectivity index (χ2v) is 17.7. The van der Waals surface area contributed by atoms with Gasteiger partial charge in [0.1, 0.15) is 6.10 Å². The zero-order chi connectivity index (χ0) is 43.7. The summed E-state index contributed by atoms with van der Waals surface area (Å²) >= 11 is 0. The predicted octanol–water partition coefficient (Wildman–Crippen LogP) is 15.3. The number of rotatable bonds is 47. The van der Waals surface area contributed by atoms with Gasteiger partial charge in [-0.15, -0.1) is 0 Å². The highest BCUT2D eigenvalue weighted by atomic mass is 31.2. The normalized spacial score (nSPS) is 13.9. The Labute approximate surface area is 370 Å². The van der Waals surface area contributed by atoms with Gasteiger partial charge in [-0.1, -0.05) is 197 Å². The molecular formula is C51H94NO7P. The molecule has 0 aliphatic rings. The van der Waals surface area contributed by atoms with E-state index in [0.717, 1.165) is 70.6 Å². The maximum absolute atomic E-state index is 12.6. The Morgan fingerprint density at radius 2 is 0.933 bits per heavy atom. The Morgan fingerprint density at radius 1 is 0.517 bits per heavy atom. The average molecular weight is 864 g/mol. The van der Waals surface area contributed by atoms with Crippen LogP contribution in [0, 0.1) is 0 Å². The van der Waals surface area contributed by atoms with Crippen LogP contribution in [0.15, 0.2) is 60.8 Å². The summed E-state index contributed by atoms with van der Waals surface area (Å²) in [7, 11) is -4.29. The summed E-state index contributed by atoms with van der Waals surface area (Å²) in [5.74, 6) is -0.341. The van der Waals surface area contributed by atoms with Gasteiger partial charge in [-0.05, 0) is 77.0 Å². The third-order valence-electron chi connectivity index (χ3n) is 10.4. The van der Waals surface area contributed by atoms with Crippen molar-refractivity contribution in [1.29, 1.82) is 0 Å². The molecule has 0 aliphatic carbocycles. The Morgan fingerprint density at radius 3 is 1.42 bits per heavy atom. The number of phosphoric ester groups is 1. The van der Waals surface area contributed by atoms with E-state index in [4.69, 9.17) is 24.3 Å². The minimum atomic E-state index is -4.29. The van der Waals surface area contributed by atoms with Gasteiger partial charge in [-0.25, -0.2) is 4.57 Å². The first kappa shape index (κ1) is 58.2. The molecular weight excluding hydrogens is 770 g/mol. The van der Waals surface area contributed by atoms with Crippen LogP contribution in [0.3, 0.4) is 0 Å². The Bertz CT molecular complexity index is 1110. The quantitative estimate of drug-likeness (QED) is 0.0269. The molecule has 0 saturated carbocycles. The summed E-state index contributed by atoms with van der Waals surface area (Å²) in [6.07, 6.45) is 59.8. The molecule has 0 aromatic rings. The van der Waals surface area contributed by atoms with Crippen LogP contribution in [0.4, 0.5) is 0 Å². The molecule has 0 radical (unpaired) electrons. The molecule has 0 aromatic carbocycles. The van der Waals surface area contributed by atoms with E-state index >= 15 is 0 Å². The number of unbranched alkanes of at least 4 members (excludes halogenated alkanes) is 24. The van der Waals surface area contributed by atoms with Crippen molar-refractivity contribution in [3.63, 3.8) is 0 Å². The number of hydrogen-bond donors (Lipinski definition) is 2. The van der Waals surface area contributed by atoms with Crippen LogP contribution in [0.5, 0.6) is 0 Å². The maximum Gasteiger partial charge on any atom is 0.472 e. The van der Waals surface area contributed by atoms with Crippen LogP contribution in [-0.4, -0.2) is 49.9 Å². The van der Waals surface area contributed by atoms with Gasteiger partial charge >= 0.3 is 13.8 Å². The van der Waals surface area contributed by atoms with Crippen LogP contribution in [0.2, 0.25) is 0 Å². The number of nitrogens with two attached hydrogens (primary N) is 1. The lowest BCUT2D eigenvalue weighted by Crippen LogP contribution is -2.28. The van der Waals surface area contributed by atoms with Crippen molar-refractivity contribution >= 4 is 13.8 Å². The highest BCUT2D eigenvalue weighted by Gasteiger charge is 2.25. The molecule has 2 unspecified atom stereocenters. The first-order valence-corrected chi connectivity index (χ1v) is 26.3. The van der Waals surface area contributed by atoms with Crippen molar-refractivity contribution < 1.29 is 32.8 Å². The summed E-state index contributed by atoms with van der Waals surface area (Å²) in [4.78, 5) is 22.6. The molecule has 3 N–H and O–H groups in total. The van der Waals surface area contributed by atoms with Crippen LogP contribution in [0.25, 0.3) is 0 Å². The lowest BCUT2D eigenvalue weighted by molar-refractivity contribution is -0.154. The van der Waals surface area contributed by atoms with Crippen molar-refractivity contribution in [1.82, 2.24) is 0 Å². The standard InChI is InChI=1S/C51H94NO7P/c1-3-5-7-9-11-13-15-17-19-21-22-23-24-25-26-27-28-29-30-32-34-36-38-40-42-44-51(53)59-50(49-58-60(54,55)57-47-45-52)48-56-46-43-41-39-37-35-33-31-20-18-16-14-12-10-8-6-4-2/h6,8,12,14,18,20-22,33,35,50H,3-5,7,9-11,13,15-17,19,23-32,34,36-49,52H2,1-2H3,(H,54,55)/b8-6-,14-12-,20-18-,22-21-,35-33-. The monoisotopic (exact) mass is 864 g/mol. The smallest absolute Gasteiger partial charge is 0.457 e. The third kappa shape index (κ3) is 47.3. The van der Waals surface area contributed by atoms with Crippen molar-refractivity contribution in [2.24, 2.45) is 5.73 Å². The molecule has 0 heterocycles. The van der Waals surface area contributed by atoms with Gasteiger partial charge in [0.25, 0.3) is 0 Å². The fourth-order valence-corrected chi connectivity index (χ4v) is 7.57. The fraction of sp³-hybridized carbons (Fsp3) is 0.784. The molecule has 0 amide bonds. The van der Waals surface area contributed by atoms with Crippen LogP contribution >= 0.6 is 7.82 Å². The third-order valence-corrected chi connectivity index (χ3v) is 11.4. The molecule has 0 rings (SSSR count). The first-order chi connectivity index (χ1) is 29.4. The first-order valence-electron chi connectivity index (χ1n) is 24.8. The number of ether oxygens (including phenoxy) is 2.